The van der Waals surface area contributed by atoms with Crippen molar-refractivity contribution in [2.75, 3.05) is 26.9 Å². The Hall–Kier alpha value is -2.02. The van der Waals surface area contributed by atoms with Gasteiger partial charge >= 0.3 is 16.4 Å². The van der Waals surface area contributed by atoms with Gasteiger partial charge < -0.3 is 109 Å². The fourth-order valence-corrected chi connectivity index (χ4v) is 16.7. The quantitative estimate of drug-likeness (QED) is 0.0329. The van der Waals surface area contributed by atoms with Crippen LogP contribution in [0.2, 0.25) is 0 Å². The summed E-state index contributed by atoms with van der Waals surface area (Å²) in [5.41, 5.74) is -5.86. The van der Waals surface area contributed by atoms with Gasteiger partial charge in [0.05, 0.1) is 44.2 Å². The minimum atomic E-state index is -5.20. The second kappa shape index (κ2) is 23.2. The summed E-state index contributed by atoms with van der Waals surface area (Å²) in [5.74, 6) is -1.19. The molecule has 27 nitrogen and oxygen atoms in total. The van der Waals surface area contributed by atoms with Gasteiger partial charge in [-0.05, 0) is 101 Å². The average molecular weight is 1200 g/mol. The lowest BCUT2D eigenvalue weighted by atomic mass is 9.40. The van der Waals surface area contributed by atoms with E-state index in [0.29, 0.717) is 32.1 Å². The Morgan fingerprint density at radius 2 is 1.32 bits per heavy atom. The third-order valence-electron chi connectivity index (χ3n) is 20.7. The number of ether oxygens (including phenoxy) is 10. The fourth-order valence-electron chi connectivity index (χ4n) is 16.2. The zero-order chi connectivity index (χ0) is 60.4. The Labute approximate surface area is 475 Å². The summed E-state index contributed by atoms with van der Waals surface area (Å²) < 4.78 is 97.6. The lowest BCUT2D eigenvalue weighted by Gasteiger charge is -2.64. The lowest BCUT2D eigenvalue weighted by molar-refractivity contribution is -0.389. The molecule has 5 aliphatic heterocycles. The Morgan fingerprint density at radius 3 is 1.91 bits per heavy atom. The summed E-state index contributed by atoms with van der Waals surface area (Å²) >= 11 is 0. The van der Waals surface area contributed by atoms with Crippen molar-refractivity contribution in [2.45, 2.75) is 247 Å². The molecule has 29 atom stereocenters. The molecule has 1 spiro atoms. The maximum atomic E-state index is 14.5. The number of carbonyl (C=O) groups is 1. The maximum Gasteiger partial charge on any atom is 0.397 e. The van der Waals surface area contributed by atoms with Crippen LogP contribution in [0.1, 0.15) is 100 Å². The van der Waals surface area contributed by atoms with Crippen molar-refractivity contribution >= 4 is 16.4 Å². The van der Waals surface area contributed by atoms with Crippen molar-refractivity contribution in [3.8, 4) is 0 Å². The van der Waals surface area contributed by atoms with Gasteiger partial charge in [0, 0.05) is 7.11 Å². The molecule has 8 fully saturated rings. The van der Waals surface area contributed by atoms with Gasteiger partial charge in [0.15, 0.2) is 30.8 Å². The normalized spacial score (nSPS) is 51.4. The van der Waals surface area contributed by atoms with Crippen molar-refractivity contribution in [1.82, 2.24) is 0 Å². The first-order valence-electron chi connectivity index (χ1n) is 28.3. The van der Waals surface area contributed by atoms with E-state index in [1.807, 2.05) is 40.7 Å². The molecule has 3 saturated carbocycles. The predicted octanol–water partition coefficient (Wildman–Crippen LogP) is -2.50. The molecule has 0 aromatic carbocycles. The van der Waals surface area contributed by atoms with Gasteiger partial charge in [-0.1, -0.05) is 51.0 Å². The number of cyclic esters (lactones) is 1. The van der Waals surface area contributed by atoms with E-state index >= 15 is 0 Å². The Bertz CT molecular complexity index is 2480. The minimum Gasteiger partial charge on any atom is -0.453 e. The zero-order valence-electron chi connectivity index (χ0n) is 47.5. The smallest absolute Gasteiger partial charge is 0.397 e. The van der Waals surface area contributed by atoms with Crippen LogP contribution in [0.25, 0.3) is 0 Å². The molecule has 0 aromatic heterocycles. The average Bonchev–Trinajstić information content (AvgIpc) is 1.46. The maximum absolute atomic E-state index is 14.5. The molecular formula is C54H86O27S. The molecule has 0 radical (unpaired) electrons. The number of methoxy groups -OCH3 is 1. The first-order valence-corrected chi connectivity index (χ1v) is 29.6. The summed E-state index contributed by atoms with van der Waals surface area (Å²) in [6.07, 6.45) is -29.8. The van der Waals surface area contributed by atoms with E-state index in [-0.39, 0.29) is 24.7 Å². The number of allylic oxidation sites excluding steroid dienone is 2. The molecule has 5 heterocycles. The van der Waals surface area contributed by atoms with Gasteiger partial charge in [-0.3, -0.25) is 9.35 Å². The second-order valence-corrected chi connectivity index (χ2v) is 26.7. The number of aliphatic hydroxyl groups excluding tert-OH is 11. The van der Waals surface area contributed by atoms with E-state index in [0.717, 1.165) is 11.1 Å². The van der Waals surface area contributed by atoms with Gasteiger partial charge in [-0.25, -0.2) is 4.18 Å². The highest BCUT2D eigenvalue weighted by Gasteiger charge is 2.86. The molecule has 5 saturated heterocycles. The molecule has 82 heavy (non-hydrogen) atoms. The number of hydrogen-bond acceptors (Lipinski definition) is 26. The molecule has 0 amide bonds. The molecule has 0 bridgehead atoms. The van der Waals surface area contributed by atoms with Crippen molar-refractivity contribution < 1.29 is 131 Å². The van der Waals surface area contributed by atoms with E-state index in [2.05, 4.69) is 6.92 Å². The molecule has 4 aliphatic carbocycles. The van der Waals surface area contributed by atoms with E-state index in [1.165, 1.54) is 14.0 Å². The van der Waals surface area contributed by atoms with E-state index in [4.69, 9.17) is 51.6 Å². The highest BCUT2D eigenvalue weighted by molar-refractivity contribution is 7.80. The first kappa shape index (κ1) is 64.5. The molecule has 9 aliphatic rings. The standard InChI is InChI=1S/C54H86O27S/c1-22(2)10-13-30(57)52(8)53(67)17-16-51(7)24-11-12-29-49(4,5)32(14-15-50(29,6)25(24)18-31(58)54(51,53)48(66)80-52)76-47-43(35(61)28(21-72-47)81-82(68,69)70)79-44-37(63)36(62)40(23(3)73-44)77-46-39(65)42(34(60)27(20-56)75-46)78-45-38(64)41(71-9)33(59)26(19-55)74-45/h10,18,23-24,26-47,55-65,67H,11-17,19-21H2,1-9H3,(H,68,69,70). The molecule has 0 aromatic rings. The van der Waals surface area contributed by atoms with Crippen molar-refractivity contribution in [3.63, 3.8) is 0 Å². The van der Waals surface area contributed by atoms with Crippen LogP contribution < -0.4 is 0 Å². The van der Waals surface area contributed by atoms with E-state index in [9.17, 15) is 79.0 Å². The summed E-state index contributed by atoms with van der Waals surface area (Å²) in [5, 5.41) is 136. The molecule has 9 rings (SSSR count). The number of carbonyl (C=O) groups excluding carboxylic acids is 1. The van der Waals surface area contributed by atoms with Gasteiger partial charge in [-0.15, -0.1) is 0 Å². The number of rotatable bonds is 16. The third-order valence-corrected chi connectivity index (χ3v) is 21.2. The topological polar surface area (TPSA) is 416 Å². The van der Waals surface area contributed by atoms with Gasteiger partial charge in [0.25, 0.3) is 0 Å². The fraction of sp³-hybridized carbons (Fsp3) is 0.907. The number of hydrogen-bond donors (Lipinski definition) is 13. The summed E-state index contributed by atoms with van der Waals surface area (Å²) in [6.45, 7) is 12.5. The van der Waals surface area contributed by atoms with Crippen LogP contribution in [0, 0.1) is 33.5 Å². The number of esters is 1. The Balaban J connectivity index is 0.917. The summed E-state index contributed by atoms with van der Waals surface area (Å²) in [4.78, 5) is 14.5. The van der Waals surface area contributed by atoms with E-state index in [1.54, 1.807) is 13.0 Å². The van der Waals surface area contributed by atoms with Crippen LogP contribution in [-0.2, 0) is 66.7 Å². The van der Waals surface area contributed by atoms with Crippen LogP contribution in [0.5, 0.6) is 0 Å². The zero-order valence-corrected chi connectivity index (χ0v) is 48.3. The number of fused-ring (bicyclic) bond motifs is 4. The van der Waals surface area contributed by atoms with Crippen molar-refractivity contribution in [2.24, 2.45) is 33.5 Å². The largest absolute Gasteiger partial charge is 0.453 e. The van der Waals surface area contributed by atoms with Crippen molar-refractivity contribution in [1.29, 1.82) is 0 Å². The third kappa shape index (κ3) is 10.2. The molecule has 28 heteroatoms. The van der Waals surface area contributed by atoms with Gasteiger partial charge in [-0.2, -0.15) is 8.42 Å². The monoisotopic (exact) mass is 1200 g/mol. The molecule has 13 N–H and O–H groups in total. The van der Waals surface area contributed by atoms with Crippen LogP contribution >= 0.6 is 0 Å². The summed E-state index contributed by atoms with van der Waals surface area (Å²) in [7, 11) is -4.03. The second-order valence-electron chi connectivity index (χ2n) is 25.6. The SMILES string of the molecule is COC1C(O)C(CO)OC(OC2C(O)C(CO)OC(OC3C(C)OC(OC4C(OC5CCC6(C)C7=CC(O)C89C(=O)OC(C)(C(O)CC=C(C)C)C8(O)CCC9(C)C7CCC6C5(C)C)OCC(OS(=O)(=O)O)C4O)C(O)C3O)C2O)C1O. The first-order chi connectivity index (χ1) is 38.2. The lowest BCUT2D eigenvalue weighted by Crippen LogP contribution is -2.69. The van der Waals surface area contributed by atoms with Crippen LogP contribution in [0.4, 0.5) is 0 Å². The molecule has 470 valence electrons. The van der Waals surface area contributed by atoms with Gasteiger partial charge in [0.1, 0.15) is 96.5 Å². The van der Waals surface area contributed by atoms with E-state index < -0.39 is 204 Å². The highest BCUT2D eigenvalue weighted by Crippen LogP contribution is 2.77. The summed E-state index contributed by atoms with van der Waals surface area (Å²) in [6, 6.07) is 0. The van der Waals surface area contributed by atoms with Crippen LogP contribution in [-0.4, -0.2) is 253 Å². The molecule has 29 unspecified atom stereocenters. The van der Waals surface area contributed by atoms with Crippen molar-refractivity contribution in [3.05, 3.63) is 23.3 Å². The van der Waals surface area contributed by atoms with Crippen LogP contribution in [0.3, 0.4) is 0 Å². The Morgan fingerprint density at radius 1 is 0.732 bits per heavy atom. The highest BCUT2D eigenvalue weighted by atomic mass is 32.3. The molecular weight excluding hydrogens is 1110 g/mol. The number of aliphatic hydroxyl groups is 12. The van der Waals surface area contributed by atoms with Gasteiger partial charge in [0.2, 0.25) is 0 Å². The Kier molecular flexibility index (Phi) is 18.2. The minimum absolute atomic E-state index is 0.103. The van der Waals surface area contributed by atoms with Crippen LogP contribution in [0.15, 0.2) is 23.3 Å². The predicted molar refractivity (Wildman–Crippen MR) is 275 cm³/mol.